The van der Waals surface area contributed by atoms with Crippen molar-refractivity contribution >= 4 is 34.0 Å². The molecule has 0 radical (unpaired) electrons. The van der Waals surface area contributed by atoms with E-state index >= 15 is 0 Å². The number of hydrogen-bond donors (Lipinski definition) is 2. The number of rotatable bonds is 6. The number of nitrogens with one attached hydrogen (secondary N) is 2. The predicted molar refractivity (Wildman–Crippen MR) is 174 cm³/mol. The number of pyridine rings is 3. The summed E-state index contributed by atoms with van der Waals surface area (Å²) in [7, 11) is 5.62. The average Bonchev–Trinajstić information content (AvgIpc) is 3.04. The van der Waals surface area contributed by atoms with Gasteiger partial charge < -0.3 is 29.4 Å². The average molecular weight is 591 g/mol. The van der Waals surface area contributed by atoms with Gasteiger partial charge in [0.15, 0.2) is 5.43 Å². The van der Waals surface area contributed by atoms with Crippen LogP contribution < -0.4 is 21.2 Å². The summed E-state index contributed by atoms with van der Waals surface area (Å²) in [5, 5.41) is 3.75. The number of ether oxygens (including phenoxy) is 1. The molecular weight excluding hydrogens is 556 g/mol. The number of hydrogen-bond acceptors (Lipinski definition) is 7. The van der Waals surface area contributed by atoms with Crippen molar-refractivity contribution in [2.24, 2.45) is 7.05 Å². The van der Waals surface area contributed by atoms with E-state index < -0.39 is 0 Å². The summed E-state index contributed by atoms with van der Waals surface area (Å²) in [6.45, 7) is 4.13. The molecular formula is C34H34N6O4. The molecule has 1 amide bonds. The third-order valence-electron chi connectivity index (χ3n) is 8.07. The van der Waals surface area contributed by atoms with E-state index in [0.717, 1.165) is 33.5 Å². The first-order chi connectivity index (χ1) is 21.2. The fourth-order valence-corrected chi connectivity index (χ4v) is 5.56. The molecule has 44 heavy (non-hydrogen) atoms. The molecule has 0 unspecified atom stereocenters. The van der Waals surface area contributed by atoms with E-state index in [1.54, 1.807) is 42.5 Å². The van der Waals surface area contributed by atoms with Gasteiger partial charge in [-0.2, -0.15) is 0 Å². The topological polar surface area (TPSA) is 113 Å². The lowest BCUT2D eigenvalue weighted by molar-refractivity contribution is 0.0302. The van der Waals surface area contributed by atoms with Gasteiger partial charge in [-0.1, -0.05) is 18.2 Å². The highest BCUT2D eigenvalue weighted by molar-refractivity contribution is 5.94. The van der Waals surface area contributed by atoms with E-state index in [0.29, 0.717) is 54.3 Å². The molecule has 1 fully saturated rings. The summed E-state index contributed by atoms with van der Waals surface area (Å²) in [4.78, 5) is 50.9. The van der Waals surface area contributed by atoms with Crippen molar-refractivity contribution in [3.63, 3.8) is 0 Å². The van der Waals surface area contributed by atoms with E-state index in [-0.39, 0.29) is 16.9 Å². The molecule has 0 aliphatic carbocycles. The Morgan fingerprint density at radius 3 is 2.50 bits per heavy atom. The lowest BCUT2D eigenvalue weighted by atomic mass is 9.93. The normalized spacial score (nSPS) is 13.2. The molecule has 2 N–H and O–H groups in total. The van der Waals surface area contributed by atoms with Crippen molar-refractivity contribution in [2.45, 2.75) is 6.92 Å². The number of amides is 1. The maximum Gasteiger partial charge on any atom is 0.274 e. The van der Waals surface area contributed by atoms with Crippen molar-refractivity contribution in [1.82, 2.24) is 19.4 Å². The number of morpholine rings is 1. The number of H-pyrrole nitrogens is 1. The molecule has 224 valence electrons. The SMILES string of the molecule is Cc1c(-c2cc(Nc3ccc(C(=O)N4CCOCC4)cn3)c(=O)n(C)c2)cccc1-c1c[nH]c2cc(N(C)C)ccc2c1=O. The molecule has 4 heterocycles. The van der Waals surface area contributed by atoms with Crippen LogP contribution in [0.15, 0.2) is 82.8 Å². The number of aryl methyl sites for hydroxylation is 1. The van der Waals surface area contributed by atoms with Crippen LogP contribution in [0.25, 0.3) is 33.2 Å². The van der Waals surface area contributed by atoms with Gasteiger partial charge in [-0.15, -0.1) is 0 Å². The number of aromatic amines is 1. The third kappa shape index (κ3) is 5.47. The van der Waals surface area contributed by atoms with Gasteiger partial charge in [0, 0.05) is 75.0 Å². The molecule has 10 heteroatoms. The zero-order valence-corrected chi connectivity index (χ0v) is 25.2. The molecule has 1 saturated heterocycles. The Kier molecular flexibility index (Phi) is 7.75. The maximum absolute atomic E-state index is 13.6. The van der Waals surface area contributed by atoms with Crippen LogP contribution in [0.2, 0.25) is 0 Å². The Morgan fingerprint density at radius 2 is 1.77 bits per heavy atom. The van der Waals surface area contributed by atoms with E-state index in [1.165, 1.54) is 10.8 Å². The Morgan fingerprint density at radius 1 is 1.00 bits per heavy atom. The summed E-state index contributed by atoms with van der Waals surface area (Å²) in [5.41, 5.74) is 6.34. The summed E-state index contributed by atoms with van der Waals surface area (Å²) in [5.74, 6) is 0.354. The lowest BCUT2D eigenvalue weighted by Gasteiger charge is -2.26. The minimum Gasteiger partial charge on any atom is -0.378 e. The molecule has 6 rings (SSSR count). The Balaban J connectivity index is 1.31. The molecule has 0 spiro atoms. The molecule has 2 aromatic carbocycles. The zero-order chi connectivity index (χ0) is 31.0. The van der Waals surface area contributed by atoms with E-state index in [2.05, 4.69) is 15.3 Å². The summed E-state index contributed by atoms with van der Waals surface area (Å²) < 4.78 is 6.85. The first-order valence-corrected chi connectivity index (χ1v) is 14.4. The Bertz CT molecular complexity index is 1990. The number of benzene rings is 2. The second-order valence-corrected chi connectivity index (χ2v) is 11.2. The van der Waals surface area contributed by atoms with Crippen LogP contribution >= 0.6 is 0 Å². The third-order valence-corrected chi connectivity index (χ3v) is 8.07. The van der Waals surface area contributed by atoms with Gasteiger partial charge in [-0.3, -0.25) is 14.4 Å². The highest BCUT2D eigenvalue weighted by atomic mass is 16.5. The highest BCUT2D eigenvalue weighted by Crippen LogP contribution is 2.32. The summed E-state index contributed by atoms with van der Waals surface area (Å²) in [6.07, 6.45) is 5.07. The van der Waals surface area contributed by atoms with Crippen LogP contribution in [0.4, 0.5) is 17.2 Å². The molecule has 1 aliphatic rings. The molecule has 0 saturated carbocycles. The van der Waals surface area contributed by atoms with Crippen LogP contribution in [0, 0.1) is 6.92 Å². The number of nitrogens with zero attached hydrogens (tertiary/aromatic N) is 4. The standard InChI is InChI=1S/C34H34N6O4/c1-21-25(6-5-7-26(21)28-19-35-29-17-24(38(2)3)9-10-27(29)32(28)41)23-16-30(34(43)39(4)20-23)37-31-11-8-22(18-36-31)33(42)40-12-14-44-15-13-40/h5-11,16-20H,12-15H2,1-4H3,(H,35,41)(H,36,37). The first kappa shape index (κ1) is 28.9. The second kappa shape index (κ2) is 11.8. The van der Waals surface area contributed by atoms with Crippen molar-refractivity contribution < 1.29 is 9.53 Å². The van der Waals surface area contributed by atoms with E-state index in [4.69, 9.17) is 4.74 Å². The molecule has 0 bridgehead atoms. The van der Waals surface area contributed by atoms with Crippen LogP contribution in [-0.4, -0.2) is 65.7 Å². The Labute approximate surface area is 254 Å². The van der Waals surface area contributed by atoms with E-state index in [1.807, 2.05) is 62.3 Å². The first-order valence-electron chi connectivity index (χ1n) is 14.4. The van der Waals surface area contributed by atoms with Crippen LogP contribution in [-0.2, 0) is 11.8 Å². The lowest BCUT2D eigenvalue weighted by Crippen LogP contribution is -2.40. The van der Waals surface area contributed by atoms with Gasteiger partial charge in [0.25, 0.3) is 11.5 Å². The van der Waals surface area contributed by atoms with Gasteiger partial charge in [-0.25, -0.2) is 4.98 Å². The molecule has 0 atom stereocenters. The van der Waals surface area contributed by atoms with Gasteiger partial charge in [0.2, 0.25) is 0 Å². The maximum atomic E-state index is 13.6. The molecule has 3 aromatic heterocycles. The van der Waals surface area contributed by atoms with Crippen molar-refractivity contribution in [1.29, 1.82) is 0 Å². The fraction of sp³-hybridized carbons (Fsp3) is 0.235. The van der Waals surface area contributed by atoms with Crippen LogP contribution in [0.3, 0.4) is 0 Å². The number of aromatic nitrogens is 3. The molecule has 10 nitrogen and oxygen atoms in total. The summed E-state index contributed by atoms with van der Waals surface area (Å²) in [6, 6.07) is 16.8. The van der Waals surface area contributed by atoms with Gasteiger partial charge in [-0.05, 0) is 60.0 Å². The van der Waals surface area contributed by atoms with Crippen molar-refractivity contribution in [3.8, 4) is 22.3 Å². The predicted octanol–water partition coefficient (Wildman–Crippen LogP) is 4.55. The van der Waals surface area contributed by atoms with E-state index in [9.17, 15) is 14.4 Å². The smallest absolute Gasteiger partial charge is 0.274 e. The monoisotopic (exact) mass is 590 g/mol. The van der Waals surface area contributed by atoms with Gasteiger partial charge in [0.05, 0.1) is 24.3 Å². The van der Waals surface area contributed by atoms with Gasteiger partial charge >= 0.3 is 0 Å². The zero-order valence-electron chi connectivity index (χ0n) is 25.2. The number of fused-ring (bicyclic) bond motifs is 1. The second-order valence-electron chi connectivity index (χ2n) is 11.2. The van der Waals surface area contributed by atoms with Crippen molar-refractivity contribution in [2.75, 3.05) is 50.6 Å². The number of anilines is 3. The largest absolute Gasteiger partial charge is 0.378 e. The minimum absolute atomic E-state index is 0.0475. The quantitative estimate of drug-likeness (QED) is 0.299. The van der Waals surface area contributed by atoms with Crippen LogP contribution in [0.1, 0.15) is 15.9 Å². The Hall–Kier alpha value is -5.22. The van der Waals surface area contributed by atoms with Gasteiger partial charge in [0.1, 0.15) is 11.5 Å². The number of carbonyl (C=O) groups is 1. The molecule has 1 aliphatic heterocycles. The fourth-order valence-electron chi connectivity index (χ4n) is 5.56. The minimum atomic E-state index is -0.221. The number of carbonyl (C=O) groups excluding carboxylic acids is 1. The highest BCUT2D eigenvalue weighted by Gasteiger charge is 2.19. The van der Waals surface area contributed by atoms with Crippen molar-refractivity contribution in [3.05, 3.63) is 105 Å². The molecule has 5 aromatic rings. The summed E-state index contributed by atoms with van der Waals surface area (Å²) >= 11 is 0. The van der Waals surface area contributed by atoms with Crippen LogP contribution in [0.5, 0.6) is 0 Å².